The molecule has 9 nitrogen and oxygen atoms in total. The summed E-state index contributed by atoms with van der Waals surface area (Å²) < 4.78 is 2.62. The molecule has 0 bridgehead atoms. The molecule has 4 rings (SSSR count). The van der Waals surface area contributed by atoms with Gasteiger partial charge in [0.05, 0.1) is 6.04 Å². The molecule has 1 saturated carbocycles. The first-order chi connectivity index (χ1) is 13.5. The molecule has 28 heavy (non-hydrogen) atoms. The summed E-state index contributed by atoms with van der Waals surface area (Å²) in [5, 5.41) is 4.09. The quantitative estimate of drug-likeness (QED) is 0.753. The third-order valence-electron chi connectivity index (χ3n) is 6.01. The summed E-state index contributed by atoms with van der Waals surface area (Å²) in [6, 6.07) is 2.54. The molecule has 2 aromatic heterocycles. The van der Waals surface area contributed by atoms with Gasteiger partial charge in [-0.05, 0) is 38.7 Å². The maximum absolute atomic E-state index is 12.3. The highest BCUT2D eigenvalue weighted by molar-refractivity contribution is 5.30. The van der Waals surface area contributed by atoms with Crippen LogP contribution in [0.2, 0.25) is 0 Å². The first kappa shape index (κ1) is 18.8. The fourth-order valence-electron chi connectivity index (χ4n) is 4.29. The van der Waals surface area contributed by atoms with Crippen LogP contribution in [0, 0.1) is 6.92 Å². The van der Waals surface area contributed by atoms with Crippen LogP contribution in [0.5, 0.6) is 0 Å². The minimum Gasteiger partial charge on any atom is -0.338 e. The Kier molecular flexibility index (Phi) is 5.25. The van der Waals surface area contributed by atoms with Crippen molar-refractivity contribution in [1.29, 1.82) is 0 Å². The summed E-state index contributed by atoms with van der Waals surface area (Å²) in [7, 11) is 1.51. The lowest BCUT2D eigenvalue weighted by Crippen LogP contribution is -2.52. The molecular formula is C19H27N7O2. The second kappa shape index (κ2) is 7.83. The number of aromatic nitrogens is 5. The first-order valence-corrected chi connectivity index (χ1v) is 9.96. The molecule has 150 valence electrons. The Balaban J connectivity index is 1.33. The molecule has 0 spiro atoms. The SMILES string of the molecule is Cc1ccnc(N2CCN([C@H]3CC[C@H](n4ncc(=O)n(C)c4=O)CC3)CC2)n1. The number of rotatable bonds is 3. The standard InChI is InChI=1S/C19H27N7O2/c1-14-7-8-20-18(22-14)25-11-9-24(10-12-25)15-3-5-16(6-4-15)26-19(28)23(2)17(27)13-21-26/h7-8,13,15-16H,3-6,9-12H2,1-2H3/t15-,16-. The minimum absolute atomic E-state index is 0.0810. The van der Waals surface area contributed by atoms with Gasteiger partial charge < -0.3 is 4.90 Å². The lowest BCUT2D eigenvalue weighted by molar-refractivity contribution is 0.125. The van der Waals surface area contributed by atoms with Gasteiger partial charge in [-0.3, -0.25) is 14.3 Å². The Morgan fingerprint density at radius 3 is 2.36 bits per heavy atom. The average Bonchev–Trinajstić information content (AvgIpc) is 2.73. The molecule has 9 heteroatoms. The number of hydrogen-bond donors (Lipinski definition) is 0. The molecule has 1 aliphatic carbocycles. The van der Waals surface area contributed by atoms with Gasteiger partial charge in [0.15, 0.2) is 0 Å². The third-order valence-corrected chi connectivity index (χ3v) is 6.01. The normalized spacial score (nSPS) is 23.7. The van der Waals surface area contributed by atoms with E-state index < -0.39 is 0 Å². The largest absolute Gasteiger partial charge is 0.347 e. The number of nitrogens with zero attached hydrogens (tertiary/aromatic N) is 7. The van der Waals surface area contributed by atoms with Gasteiger partial charge in [-0.2, -0.15) is 5.10 Å². The van der Waals surface area contributed by atoms with Crippen LogP contribution in [-0.2, 0) is 7.05 Å². The van der Waals surface area contributed by atoms with Crippen LogP contribution < -0.4 is 16.1 Å². The fraction of sp³-hybridized carbons (Fsp3) is 0.632. The molecule has 2 aromatic rings. The van der Waals surface area contributed by atoms with Crippen molar-refractivity contribution in [2.75, 3.05) is 31.1 Å². The Labute approximate surface area is 163 Å². The van der Waals surface area contributed by atoms with Crippen LogP contribution in [0.1, 0.15) is 37.4 Å². The van der Waals surface area contributed by atoms with Crippen LogP contribution in [0.4, 0.5) is 5.95 Å². The van der Waals surface area contributed by atoms with Gasteiger partial charge >= 0.3 is 5.69 Å². The molecular weight excluding hydrogens is 358 g/mol. The molecule has 1 aliphatic heterocycles. The number of hydrogen-bond acceptors (Lipinski definition) is 7. The predicted octanol–water partition coefficient (Wildman–Crippen LogP) is 0.346. The molecule has 0 unspecified atom stereocenters. The highest BCUT2D eigenvalue weighted by Crippen LogP contribution is 2.30. The van der Waals surface area contributed by atoms with Crippen LogP contribution in [0.25, 0.3) is 0 Å². The van der Waals surface area contributed by atoms with Crippen LogP contribution in [-0.4, -0.2) is 61.4 Å². The molecule has 1 saturated heterocycles. The molecule has 2 aliphatic rings. The Morgan fingerprint density at radius 2 is 1.68 bits per heavy atom. The van der Waals surface area contributed by atoms with Gasteiger partial charge in [-0.1, -0.05) is 0 Å². The van der Waals surface area contributed by atoms with E-state index in [2.05, 4.69) is 24.9 Å². The summed E-state index contributed by atoms with van der Waals surface area (Å²) in [6.07, 6.45) is 6.97. The summed E-state index contributed by atoms with van der Waals surface area (Å²) in [5.74, 6) is 0.823. The van der Waals surface area contributed by atoms with Crippen LogP contribution in [0.15, 0.2) is 28.0 Å². The van der Waals surface area contributed by atoms with E-state index in [4.69, 9.17) is 0 Å². The molecule has 0 aromatic carbocycles. The second-order valence-corrected chi connectivity index (χ2v) is 7.75. The van der Waals surface area contributed by atoms with Gasteiger partial charge in [0.2, 0.25) is 5.95 Å². The average molecular weight is 385 g/mol. The van der Waals surface area contributed by atoms with Crippen molar-refractivity contribution >= 4 is 5.95 Å². The Morgan fingerprint density at radius 1 is 1.00 bits per heavy atom. The summed E-state index contributed by atoms with van der Waals surface area (Å²) in [5.41, 5.74) is 0.320. The van der Waals surface area contributed by atoms with Crippen molar-refractivity contribution in [1.82, 2.24) is 29.2 Å². The summed E-state index contributed by atoms with van der Waals surface area (Å²) in [6.45, 7) is 5.87. The number of aryl methyl sites for hydroxylation is 1. The molecule has 2 fully saturated rings. The van der Waals surface area contributed by atoms with Crippen molar-refractivity contribution in [2.45, 2.75) is 44.7 Å². The highest BCUT2D eigenvalue weighted by atomic mass is 16.2. The zero-order valence-electron chi connectivity index (χ0n) is 16.5. The first-order valence-electron chi connectivity index (χ1n) is 9.96. The van der Waals surface area contributed by atoms with E-state index in [1.54, 1.807) is 0 Å². The summed E-state index contributed by atoms with van der Waals surface area (Å²) >= 11 is 0. The smallest absolute Gasteiger partial charge is 0.338 e. The van der Waals surface area contributed by atoms with Crippen molar-refractivity contribution in [3.05, 3.63) is 45.0 Å². The van der Waals surface area contributed by atoms with Gasteiger partial charge in [0, 0.05) is 51.2 Å². The van der Waals surface area contributed by atoms with Gasteiger partial charge in [0.25, 0.3) is 5.56 Å². The topological polar surface area (TPSA) is 89.2 Å². The van der Waals surface area contributed by atoms with Gasteiger partial charge in [0.1, 0.15) is 6.20 Å². The van der Waals surface area contributed by atoms with Crippen LogP contribution >= 0.6 is 0 Å². The Bertz CT molecular complexity index is 938. The maximum atomic E-state index is 12.3. The predicted molar refractivity (Wildman–Crippen MR) is 106 cm³/mol. The second-order valence-electron chi connectivity index (χ2n) is 7.75. The van der Waals surface area contributed by atoms with Crippen molar-refractivity contribution in [3.8, 4) is 0 Å². The van der Waals surface area contributed by atoms with E-state index in [-0.39, 0.29) is 17.3 Å². The molecule has 3 heterocycles. The van der Waals surface area contributed by atoms with E-state index >= 15 is 0 Å². The Hall–Kier alpha value is -2.55. The lowest BCUT2D eigenvalue weighted by atomic mass is 9.90. The van der Waals surface area contributed by atoms with E-state index in [0.29, 0.717) is 6.04 Å². The molecule has 0 atom stereocenters. The van der Waals surface area contributed by atoms with Gasteiger partial charge in [-0.15, -0.1) is 0 Å². The molecule has 0 radical (unpaired) electrons. The highest BCUT2D eigenvalue weighted by Gasteiger charge is 2.30. The van der Waals surface area contributed by atoms with E-state index in [0.717, 1.165) is 68.1 Å². The third kappa shape index (κ3) is 3.71. The van der Waals surface area contributed by atoms with Crippen molar-refractivity contribution in [2.24, 2.45) is 7.05 Å². The zero-order chi connectivity index (χ0) is 19.7. The van der Waals surface area contributed by atoms with E-state index in [1.807, 2.05) is 19.2 Å². The monoisotopic (exact) mass is 385 g/mol. The number of piperazine rings is 1. The zero-order valence-corrected chi connectivity index (χ0v) is 16.5. The van der Waals surface area contributed by atoms with E-state index in [1.165, 1.54) is 17.9 Å². The minimum atomic E-state index is -0.356. The molecule has 0 N–H and O–H groups in total. The van der Waals surface area contributed by atoms with Crippen LogP contribution in [0.3, 0.4) is 0 Å². The summed E-state index contributed by atoms with van der Waals surface area (Å²) in [4.78, 5) is 37.6. The lowest BCUT2D eigenvalue weighted by Gasteiger charge is -2.42. The fourth-order valence-corrected chi connectivity index (χ4v) is 4.29. The number of anilines is 1. The maximum Gasteiger partial charge on any atom is 0.347 e. The van der Waals surface area contributed by atoms with Crippen molar-refractivity contribution in [3.63, 3.8) is 0 Å². The van der Waals surface area contributed by atoms with E-state index in [9.17, 15) is 9.59 Å². The van der Waals surface area contributed by atoms with Crippen molar-refractivity contribution < 1.29 is 0 Å². The molecule has 0 amide bonds. The van der Waals surface area contributed by atoms with Gasteiger partial charge in [-0.25, -0.2) is 19.4 Å².